The van der Waals surface area contributed by atoms with Crippen LogP contribution in [0.25, 0.3) is 0 Å². The van der Waals surface area contributed by atoms with Crippen molar-refractivity contribution in [1.29, 1.82) is 0 Å². The highest BCUT2D eigenvalue weighted by Crippen LogP contribution is 2.23. The lowest BCUT2D eigenvalue weighted by atomic mass is 9.98. The Hall–Kier alpha value is -1.71. The summed E-state index contributed by atoms with van der Waals surface area (Å²) in [7, 11) is 0. The highest BCUT2D eigenvalue weighted by molar-refractivity contribution is 5.68. The Morgan fingerprint density at radius 1 is 1.13 bits per heavy atom. The lowest BCUT2D eigenvalue weighted by Crippen LogP contribution is -2.50. The van der Waals surface area contributed by atoms with E-state index in [1.165, 1.54) is 11.3 Å². The molecular formula is C19H30N2O2. The number of piperazine rings is 1. The number of hydrogen-bond donors (Lipinski definition) is 0. The van der Waals surface area contributed by atoms with Crippen LogP contribution in [0.1, 0.15) is 52.5 Å². The number of amides is 1. The molecule has 2 rings (SSSR count). The van der Waals surface area contributed by atoms with Crippen molar-refractivity contribution >= 4 is 11.8 Å². The normalized spacial score (nSPS) is 17.1. The Bertz CT molecular complexity index is 511. The lowest BCUT2D eigenvalue weighted by Gasteiger charge is -2.36. The quantitative estimate of drug-likeness (QED) is 0.835. The van der Waals surface area contributed by atoms with Gasteiger partial charge in [-0.15, -0.1) is 0 Å². The van der Waals surface area contributed by atoms with Gasteiger partial charge in [-0.3, -0.25) is 0 Å². The Kier molecular flexibility index (Phi) is 5.55. The first-order valence-corrected chi connectivity index (χ1v) is 8.63. The average Bonchev–Trinajstić information content (AvgIpc) is 2.53. The van der Waals surface area contributed by atoms with E-state index < -0.39 is 5.60 Å². The summed E-state index contributed by atoms with van der Waals surface area (Å²) in [5, 5.41) is 0. The first-order chi connectivity index (χ1) is 10.8. The monoisotopic (exact) mass is 318 g/mol. The minimum Gasteiger partial charge on any atom is -0.444 e. The predicted molar refractivity (Wildman–Crippen MR) is 95.2 cm³/mol. The summed E-state index contributed by atoms with van der Waals surface area (Å²) in [4.78, 5) is 16.2. The molecule has 0 bridgehead atoms. The molecule has 0 aromatic heterocycles. The number of hydrogen-bond acceptors (Lipinski definition) is 3. The van der Waals surface area contributed by atoms with Gasteiger partial charge in [-0.05, 0) is 50.8 Å². The van der Waals surface area contributed by atoms with Crippen LogP contribution < -0.4 is 4.90 Å². The Balaban J connectivity index is 1.90. The fraction of sp³-hybridized carbons (Fsp3) is 0.632. The van der Waals surface area contributed by atoms with E-state index >= 15 is 0 Å². The molecule has 1 fully saturated rings. The summed E-state index contributed by atoms with van der Waals surface area (Å²) in [6, 6.07) is 8.85. The maximum absolute atomic E-state index is 12.1. The highest BCUT2D eigenvalue weighted by Gasteiger charge is 2.25. The zero-order valence-electron chi connectivity index (χ0n) is 15.1. The van der Waals surface area contributed by atoms with Crippen LogP contribution in [0, 0.1) is 0 Å². The Morgan fingerprint density at radius 2 is 1.70 bits per heavy atom. The van der Waals surface area contributed by atoms with E-state index in [9.17, 15) is 4.79 Å². The van der Waals surface area contributed by atoms with Crippen molar-refractivity contribution < 1.29 is 9.53 Å². The van der Waals surface area contributed by atoms with Crippen molar-refractivity contribution in [3.63, 3.8) is 0 Å². The fourth-order valence-corrected chi connectivity index (χ4v) is 2.72. The van der Waals surface area contributed by atoms with Gasteiger partial charge in [0.05, 0.1) is 0 Å². The average molecular weight is 318 g/mol. The molecule has 0 radical (unpaired) electrons. The first-order valence-electron chi connectivity index (χ1n) is 8.63. The summed E-state index contributed by atoms with van der Waals surface area (Å²) in [5.74, 6) is 0.605. The fourth-order valence-electron chi connectivity index (χ4n) is 2.72. The van der Waals surface area contributed by atoms with Gasteiger partial charge in [0.1, 0.15) is 5.60 Å². The molecule has 4 heteroatoms. The molecule has 1 aliphatic heterocycles. The van der Waals surface area contributed by atoms with Crippen LogP contribution in [-0.4, -0.2) is 42.8 Å². The van der Waals surface area contributed by atoms with Crippen molar-refractivity contribution in [2.24, 2.45) is 0 Å². The molecule has 1 atom stereocenters. The summed E-state index contributed by atoms with van der Waals surface area (Å²) in [5.41, 5.74) is 2.20. The largest absolute Gasteiger partial charge is 0.444 e. The maximum Gasteiger partial charge on any atom is 0.410 e. The van der Waals surface area contributed by atoms with Crippen LogP contribution >= 0.6 is 0 Å². The molecule has 1 aliphatic rings. The first kappa shape index (κ1) is 17.6. The van der Waals surface area contributed by atoms with Crippen LogP contribution in [0.15, 0.2) is 24.3 Å². The summed E-state index contributed by atoms with van der Waals surface area (Å²) in [6.45, 7) is 13.3. The summed E-state index contributed by atoms with van der Waals surface area (Å²) in [6.07, 6.45) is 0.956. The third-order valence-electron chi connectivity index (χ3n) is 4.37. The van der Waals surface area contributed by atoms with Gasteiger partial charge in [-0.1, -0.05) is 26.0 Å². The molecule has 0 saturated carbocycles. The molecule has 1 heterocycles. The molecule has 0 spiro atoms. The number of carbonyl (C=O) groups excluding carboxylic acids is 1. The topological polar surface area (TPSA) is 32.8 Å². The molecule has 128 valence electrons. The van der Waals surface area contributed by atoms with E-state index in [0.29, 0.717) is 19.0 Å². The predicted octanol–water partition coefficient (Wildman–Crippen LogP) is 4.26. The van der Waals surface area contributed by atoms with Crippen molar-refractivity contribution in [3.05, 3.63) is 29.8 Å². The van der Waals surface area contributed by atoms with E-state index in [0.717, 1.165) is 19.5 Å². The standard InChI is InChI=1S/C19H30N2O2/c1-6-15(2)16-7-9-17(10-8-16)20-11-13-21(14-12-20)18(22)23-19(3,4)5/h7-10,15H,6,11-14H2,1-5H3. The van der Waals surface area contributed by atoms with E-state index in [2.05, 4.69) is 43.0 Å². The zero-order valence-corrected chi connectivity index (χ0v) is 15.1. The smallest absolute Gasteiger partial charge is 0.410 e. The number of carbonyl (C=O) groups is 1. The molecule has 1 aromatic carbocycles. The molecule has 1 amide bonds. The molecule has 1 aromatic rings. The van der Waals surface area contributed by atoms with Crippen molar-refractivity contribution in [2.45, 2.75) is 52.6 Å². The third-order valence-corrected chi connectivity index (χ3v) is 4.37. The minimum absolute atomic E-state index is 0.204. The molecule has 4 nitrogen and oxygen atoms in total. The van der Waals surface area contributed by atoms with E-state index in [1.807, 2.05) is 20.8 Å². The zero-order chi connectivity index (χ0) is 17.0. The highest BCUT2D eigenvalue weighted by atomic mass is 16.6. The summed E-state index contributed by atoms with van der Waals surface area (Å²) < 4.78 is 5.44. The number of anilines is 1. The van der Waals surface area contributed by atoms with Gasteiger partial charge in [0.2, 0.25) is 0 Å². The number of benzene rings is 1. The van der Waals surface area contributed by atoms with Crippen LogP contribution in [0.4, 0.5) is 10.5 Å². The van der Waals surface area contributed by atoms with Gasteiger partial charge in [0.15, 0.2) is 0 Å². The van der Waals surface area contributed by atoms with E-state index in [1.54, 1.807) is 4.90 Å². The molecular weight excluding hydrogens is 288 g/mol. The van der Waals surface area contributed by atoms with Crippen molar-refractivity contribution in [3.8, 4) is 0 Å². The van der Waals surface area contributed by atoms with Gasteiger partial charge in [-0.25, -0.2) is 4.79 Å². The number of ether oxygens (including phenoxy) is 1. The lowest BCUT2D eigenvalue weighted by molar-refractivity contribution is 0.0240. The van der Waals surface area contributed by atoms with Gasteiger partial charge in [0.25, 0.3) is 0 Å². The van der Waals surface area contributed by atoms with Crippen LogP contribution in [-0.2, 0) is 4.74 Å². The van der Waals surface area contributed by atoms with Crippen LogP contribution in [0.3, 0.4) is 0 Å². The molecule has 1 unspecified atom stereocenters. The Morgan fingerprint density at radius 3 is 2.17 bits per heavy atom. The van der Waals surface area contributed by atoms with E-state index in [4.69, 9.17) is 4.74 Å². The van der Waals surface area contributed by atoms with Crippen LogP contribution in [0.5, 0.6) is 0 Å². The third kappa shape index (κ3) is 4.88. The van der Waals surface area contributed by atoms with Gasteiger partial charge < -0.3 is 14.5 Å². The Labute approximate surface area is 140 Å². The van der Waals surface area contributed by atoms with Crippen molar-refractivity contribution in [1.82, 2.24) is 4.90 Å². The summed E-state index contributed by atoms with van der Waals surface area (Å²) >= 11 is 0. The minimum atomic E-state index is -0.431. The van der Waals surface area contributed by atoms with Crippen LogP contribution in [0.2, 0.25) is 0 Å². The SMILES string of the molecule is CCC(C)c1ccc(N2CCN(C(=O)OC(C)(C)C)CC2)cc1. The maximum atomic E-state index is 12.1. The number of rotatable bonds is 3. The van der Waals surface area contributed by atoms with Crippen molar-refractivity contribution in [2.75, 3.05) is 31.1 Å². The van der Waals surface area contributed by atoms with E-state index in [-0.39, 0.29) is 6.09 Å². The molecule has 23 heavy (non-hydrogen) atoms. The second-order valence-corrected chi connectivity index (χ2v) is 7.36. The van der Waals surface area contributed by atoms with Gasteiger partial charge in [-0.2, -0.15) is 0 Å². The van der Waals surface area contributed by atoms with Gasteiger partial charge in [0, 0.05) is 31.9 Å². The molecule has 1 saturated heterocycles. The second kappa shape index (κ2) is 7.24. The number of nitrogens with zero attached hydrogens (tertiary/aromatic N) is 2. The second-order valence-electron chi connectivity index (χ2n) is 7.36. The molecule has 0 aliphatic carbocycles. The van der Waals surface area contributed by atoms with Gasteiger partial charge >= 0.3 is 6.09 Å². The molecule has 0 N–H and O–H groups in total.